The van der Waals surface area contributed by atoms with Crippen molar-refractivity contribution in [3.05, 3.63) is 122 Å². The van der Waals surface area contributed by atoms with Crippen LogP contribution in [0.3, 0.4) is 0 Å². The highest BCUT2D eigenvalue weighted by atomic mass is 79.9. The Morgan fingerprint density at radius 2 is 1.76 bits per heavy atom. The van der Waals surface area contributed by atoms with Crippen LogP contribution in [-0.4, -0.2) is 22.5 Å². The number of aromatic nitrogens is 2. The topological polar surface area (TPSA) is 65.7 Å². The summed E-state index contributed by atoms with van der Waals surface area (Å²) in [5, 5.41) is 5.18. The molecule has 0 aliphatic rings. The molecule has 0 amide bonds. The minimum atomic E-state index is -0.233. The van der Waals surface area contributed by atoms with Crippen molar-refractivity contribution in [1.29, 1.82) is 0 Å². The van der Waals surface area contributed by atoms with Gasteiger partial charge in [0.1, 0.15) is 18.1 Å². The van der Waals surface area contributed by atoms with Gasteiger partial charge in [0.15, 0.2) is 5.82 Å². The zero-order valence-corrected chi connectivity index (χ0v) is 26.1. The Kier molecular flexibility index (Phi) is 8.88. The van der Waals surface area contributed by atoms with Crippen LogP contribution in [0, 0.1) is 13.8 Å². The molecule has 0 unspecified atom stereocenters. The standard InChI is InChI=1S/C35H34BrN3O3/c1-6-41-33-17-24(5)29(19-28(33)22(2)3)34-38-31-13-8-7-12-27(31)35(40)39(34)37-20-25-14-15-32(30(36)18-25)42-21-26-11-9-10-23(4)16-26/h7-20,22H,6,21H2,1-5H3. The number of halogens is 1. The Morgan fingerprint density at radius 3 is 2.50 bits per heavy atom. The van der Waals surface area contributed by atoms with Gasteiger partial charge in [0.25, 0.3) is 5.56 Å². The van der Waals surface area contributed by atoms with Crippen molar-refractivity contribution in [2.75, 3.05) is 6.61 Å². The molecule has 0 aliphatic carbocycles. The lowest BCUT2D eigenvalue weighted by molar-refractivity contribution is 0.304. The third kappa shape index (κ3) is 6.31. The largest absolute Gasteiger partial charge is 0.494 e. The van der Waals surface area contributed by atoms with E-state index in [1.54, 1.807) is 12.3 Å². The summed E-state index contributed by atoms with van der Waals surface area (Å²) in [6, 6.07) is 25.4. The molecule has 0 saturated heterocycles. The Balaban J connectivity index is 1.54. The molecule has 0 radical (unpaired) electrons. The van der Waals surface area contributed by atoms with Crippen molar-refractivity contribution in [2.45, 2.75) is 47.1 Å². The van der Waals surface area contributed by atoms with Gasteiger partial charge in [-0.3, -0.25) is 4.79 Å². The normalized spacial score (nSPS) is 11.5. The molecule has 1 heterocycles. The highest BCUT2D eigenvalue weighted by Gasteiger charge is 2.18. The molecule has 5 aromatic rings. The second-order valence-electron chi connectivity index (χ2n) is 10.6. The summed E-state index contributed by atoms with van der Waals surface area (Å²) >= 11 is 3.63. The van der Waals surface area contributed by atoms with Crippen LogP contribution in [0.2, 0.25) is 0 Å². The minimum Gasteiger partial charge on any atom is -0.494 e. The van der Waals surface area contributed by atoms with Gasteiger partial charge in [-0.05, 0) is 107 Å². The van der Waals surface area contributed by atoms with E-state index in [-0.39, 0.29) is 11.5 Å². The number of rotatable bonds is 9. The molecule has 0 bridgehead atoms. The number of fused-ring (bicyclic) bond motifs is 1. The summed E-state index contributed by atoms with van der Waals surface area (Å²) in [5.41, 5.74) is 6.34. The van der Waals surface area contributed by atoms with Gasteiger partial charge >= 0.3 is 0 Å². The number of hydrogen-bond acceptors (Lipinski definition) is 5. The molecular weight excluding hydrogens is 590 g/mol. The molecule has 0 saturated carbocycles. The van der Waals surface area contributed by atoms with Crippen molar-refractivity contribution in [3.63, 3.8) is 0 Å². The number of benzene rings is 4. The Bertz CT molecular complexity index is 1840. The molecule has 0 atom stereocenters. The van der Waals surface area contributed by atoms with Crippen LogP contribution in [0.15, 0.2) is 93.2 Å². The third-order valence-electron chi connectivity index (χ3n) is 7.03. The van der Waals surface area contributed by atoms with E-state index in [1.165, 1.54) is 10.2 Å². The lowest BCUT2D eigenvalue weighted by Gasteiger charge is -2.18. The molecule has 4 aromatic carbocycles. The Labute approximate surface area is 254 Å². The fourth-order valence-corrected chi connectivity index (χ4v) is 5.39. The van der Waals surface area contributed by atoms with Crippen LogP contribution >= 0.6 is 15.9 Å². The van der Waals surface area contributed by atoms with Crippen LogP contribution in [0.25, 0.3) is 22.3 Å². The van der Waals surface area contributed by atoms with Gasteiger partial charge in [-0.2, -0.15) is 9.78 Å². The molecule has 0 spiro atoms. The monoisotopic (exact) mass is 623 g/mol. The maximum atomic E-state index is 13.8. The first-order valence-corrected chi connectivity index (χ1v) is 14.9. The first-order chi connectivity index (χ1) is 20.2. The zero-order valence-electron chi connectivity index (χ0n) is 24.5. The molecule has 42 heavy (non-hydrogen) atoms. The maximum Gasteiger partial charge on any atom is 0.282 e. The van der Waals surface area contributed by atoms with Gasteiger partial charge in [-0.1, -0.05) is 55.8 Å². The summed E-state index contributed by atoms with van der Waals surface area (Å²) in [6.07, 6.45) is 1.67. The molecule has 7 heteroatoms. The molecule has 6 nitrogen and oxygen atoms in total. The second-order valence-corrected chi connectivity index (χ2v) is 11.4. The number of para-hydroxylation sites is 1. The molecule has 1 aromatic heterocycles. The predicted octanol–water partition coefficient (Wildman–Crippen LogP) is 8.43. The lowest BCUT2D eigenvalue weighted by Crippen LogP contribution is -2.20. The molecular formula is C35H34BrN3O3. The van der Waals surface area contributed by atoms with Crippen molar-refractivity contribution in [1.82, 2.24) is 9.66 Å². The molecule has 0 aliphatic heterocycles. The average Bonchev–Trinajstić information content (AvgIpc) is 2.96. The molecule has 0 N–H and O–H groups in total. The second kappa shape index (κ2) is 12.7. The fraction of sp³-hybridized carbons (Fsp3) is 0.229. The smallest absolute Gasteiger partial charge is 0.282 e. The summed E-state index contributed by atoms with van der Waals surface area (Å²) in [7, 11) is 0. The van der Waals surface area contributed by atoms with Crippen LogP contribution < -0.4 is 15.0 Å². The number of nitrogens with zero attached hydrogens (tertiary/aromatic N) is 3. The van der Waals surface area contributed by atoms with Crippen LogP contribution in [0.4, 0.5) is 0 Å². The number of ether oxygens (including phenoxy) is 2. The predicted molar refractivity (Wildman–Crippen MR) is 174 cm³/mol. The van der Waals surface area contributed by atoms with Gasteiger partial charge in [-0.25, -0.2) is 4.98 Å². The molecule has 0 fully saturated rings. The Hall–Kier alpha value is -4.23. The minimum absolute atomic E-state index is 0.221. The van der Waals surface area contributed by atoms with E-state index in [2.05, 4.69) is 60.0 Å². The fourth-order valence-electron chi connectivity index (χ4n) is 4.88. The van der Waals surface area contributed by atoms with E-state index in [1.807, 2.05) is 68.4 Å². The quantitative estimate of drug-likeness (QED) is 0.155. The summed E-state index contributed by atoms with van der Waals surface area (Å²) in [5.74, 6) is 2.28. The van der Waals surface area contributed by atoms with E-state index < -0.39 is 0 Å². The zero-order chi connectivity index (χ0) is 29.8. The molecule has 214 valence electrons. The lowest BCUT2D eigenvalue weighted by atomic mass is 9.96. The number of hydrogen-bond donors (Lipinski definition) is 0. The van der Waals surface area contributed by atoms with E-state index in [0.29, 0.717) is 29.9 Å². The van der Waals surface area contributed by atoms with Gasteiger partial charge in [0.05, 0.1) is 28.2 Å². The summed E-state index contributed by atoms with van der Waals surface area (Å²) in [6.45, 7) is 11.3. The maximum absolute atomic E-state index is 13.8. The first-order valence-electron chi connectivity index (χ1n) is 14.1. The van der Waals surface area contributed by atoms with Crippen molar-refractivity contribution in [3.8, 4) is 22.9 Å². The van der Waals surface area contributed by atoms with Gasteiger partial charge in [-0.15, -0.1) is 0 Å². The summed E-state index contributed by atoms with van der Waals surface area (Å²) in [4.78, 5) is 18.7. The highest BCUT2D eigenvalue weighted by molar-refractivity contribution is 9.10. The van der Waals surface area contributed by atoms with Crippen molar-refractivity contribution < 1.29 is 9.47 Å². The molecule has 5 rings (SSSR count). The average molecular weight is 625 g/mol. The Morgan fingerprint density at radius 1 is 0.952 bits per heavy atom. The van der Waals surface area contributed by atoms with E-state index in [4.69, 9.17) is 14.5 Å². The van der Waals surface area contributed by atoms with Gasteiger partial charge < -0.3 is 9.47 Å². The van der Waals surface area contributed by atoms with Crippen LogP contribution in [0.5, 0.6) is 11.5 Å². The number of aryl methyl sites for hydroxylation is 2. The third-order valence-corrected chi connectivity index (χ3v) is 7.65. The van der Waals surface area contributed by atoms with Crippen molar-refractivity contribution in [2.24, 2.45) is 5.10 Å². The first kappa shape index (κ1) is 29.3. The SMILES string of the molecule is CCOc1cc(C)c(-c2nc3ccccc3c(=O)n2N=Cc2ccc(OCc3cccc(C)c3)c(Br)c2)cc1C(C)C. The van der Waals surface area contributed by atoms with Crippen LogP contribution in [-0.2, 0) is 6.61 Å². The van der Waals surface area contributed by atoms with Gasteiger partial charge in [0, 0.05) is 5.56 Å². The van der Waals surface area contributed by atoms with Crippen molar-refractivity contribution >= 4 is 33.0 Å². The summed E-state index contributed by atoms with van der Waals surface area (Å²) < 4.78 is 14.2. The van der Waals surface area contributed by atoms with E-state index in [9.17, 15) is 4.79 Å². The highest BCUT2D eigenvalue weighted by Crippen LogP contribution is 2.34. The van der Waals surface area contributed by atoms with E-state index >= 15 is 0 Å². The van der Waals surface area contributed by atoms with E-state index in [0.717, 1.165) is 43.8 Å². The van der Waals surface area contributed by atoms with Gasteiger partial charge in [0.2, 0.25) is 0 Å². The van der Waals surface area contributed by atoms with Crippen LogP contribution in [0.1, 0.15) is 54.5 Å².